The highest BCUT2D eigenvalue weighted by atomic mass is 19.1. The van der Waals surface area contributed by atoms with Crippen LogP contribution in [-0.2, 0) is 4.74 Å². The molecule has 2 amide bonds. The first-order valence-corrected chi connectivity index (χ1v) is 16.6. The van der Waals surface area contributed by atoms with Gasteiger partial charge < -0.3 is 24.4 Å². The quantitative estimate of drug-likeness (QED) is 0.293. The Morgan fingerprint density at radius 2 is 1.73 bits per heavy atom. The Kier molecular flexibility index (Phi) is 11.3. The average Bonchev–Trinajstić information content (AvgIpc) is 3.31. The lowest BCUT2D eigenvalue weighted by molar-refractivity contribution is 0.0492. The molecule has 3 heterocycles. The molecule has 3 aromatic rings. The van der Waals surface area contributed by atoms with Gasteiger partial charge in [0.15, 0.2) is 0 Å². The lowest BCUT2D eigenvalue weighted by atomic mass is 9.91. The van der Waals surface area contributed by atoms with Crippen LogP contribution in [0.5, 0.6) is 0 Å². The molecule has 2 aliphatic rings. The van der Waals surface area contributed by atoms with E-state index in [4.69, 9.17) is 4.74 Å². The Hall–Kier alpha value is -3.46. The summed E-state index contributed by atoms with van der Waals surface area (Å²) >= 11 is 0. The molecule has 0 atom stereocenters. The number of aromatic nitrogens is 2. The molecule has 1 aliphatic carbocycles. The van der Waals surface area contributed by atoms with Crippen molar-refractivity contribution in [3.05, 3.63) is 59.8 Å². The maximum Gasteiger partial charge on any atom is 0.407 e. The van der Waals surface area contributed by atoms with E-state index in [9.17, 15) is 14.0 Å². The smallest absolute Gasteiger partial charge is 0.407 e. The Bertz CT molecular complexity index is 1440. The van der Waals surface area contributed by atoms with Crippen molar-refractivity contribution in [3.8, 4) is 5.69 Å². The Morgan fingerprint density at radius 1 is 1.07 bits per heavy atom. The van der Waals surface area contributed by atoms with E-state index in [-0.39, 0.29) is 24.1 Å². The number of carbonyl (C=O) groups is 2. The molecule has 2 aromatic heterocycles. The van der Waals surface area contributed by atoms with E-state index < -0.39 is 11.4 Å². The highest BCUT2D eigenvalue weighted by Crippen LogP contribution is 2.35. The van der Waals surface area contributed by atoms with Gasteiger partial charge in [0, 0.05) is 54.9 Å². The normalized spacial score (nSPS) is 16.3. The van der Waals surface area contributed by atoms with Crippen LogP contribution in [0.3, 0.4) is 0 Å². The summed E-state index contributed by atoms with van der Waals surface area (Å²) in [6.45, 7) is 18.9. The van der Waals surface area contributed by atoms with Crippen LogP contribution in [0, 0.1) is 5.82 Å². The molecule has 0 unspecified atom stereocenters. The lowest BCUT2D eigenvalue weighted by Crippen LogP contribution is -2.44. The monoisotopic (exact) mass is 621 g/mol. The SMILES string of the molecule is CC(C)(C)OC(=O)NC1CCCCC1.CCN1CC(c2cn(-c3ccc(F)cc3C(=O)N(C(C)C)C(C)C)c3cnccc23)C1. The van der Waals surface area contributed by atoms with Gasteiger partial charge in [-0.25, -0.2) is 9.18 Å². The minimum atomic E-state index is -0.410. The van der Waals surface area contributed by atoms with Crippen molar-refractivity contribution in [2.24, 2.45) is 0 Å². The minimum absolute atomic E-state index is 0.0113. The molecule has 8 nitrogen and oxygen atoms in total. The molecule has 9 heteroatoms. The molecule has 1 aliphatic heterocycles. The van der Waals surface area contributed by atoms with E-state index >= 15 is 0 Å². The van der Waals surface area contributed by atoms with Gasteiger partial charge in [-0.2, -0.15) is 0 Å². The van der Waals surface area contributed by atoms with Crippen molar-refractivity contribution < 1.29 is 18.7 Å². The second-order valence-corrected chi connectivity index (χ2v) is 13.9. The number of ether oxygens (including phenoxy) is 1. The number of amides is 2. The van der Waals surface area contributed by atoms with Crippen molar-refractivity contribution in [1.82, 2.24) is 24.7 Å². The summed E-state index contributed by atoms with van der Waals surface area (Å²) in [5, 5.41) is 4.06. The van der Waals surface area contributed by atoms with Crippen LogP contribution in [0.2, 0.25) is 0 Å². The van der Waals surface area contributed by atoms with E-state index in [1.807, 2.05) is 71.5 Å². The highest BCUT2D eigenvalue weighted by Gasteiger charge is 2.31. The molecule has 0 radical (unpaired) electrons. The summed E-state index contributed by atoms with van der Waals surface area (Å²) in [7, 11) is 0. The fourth-order valence-electron chi connectivity index (χ4n) is 6.46. The molecular weight excluding hydrogens is 569 g/mol. The van der Waals surface area contributed by atoms with Crippen LogP contribution in [-0.4, -0.2) is 74.7 Å². The molecule has 1 aromatic carbocycles. The van der Waals surface area contributed by atoms with E-state index in [2.05, 4.69) is 28.3 Å². The van der Waals surface area contributed by atoms with Gasteiger partial charge in [0.25, 0.3) is 5.91 Å². The van der Waals surface area contributed by atoms with E-state index in [0.717, 1.165) is 43.4 Å². The van der Waals surface area contributed by atoms with Crippen LogP contribution in [0.15, 0.2) is 42.9 Å². The molecule has 5 rings (SSSR count). The van der Waals surface area contributed by atoms with Crippen LogP contribution < -0.4 is 5.32 Å². The van der Waals surface area contributed by atoms with Crippen LogP contribution in [0.1, 0.15) is 109 Å². The number of hydrogen-bond donors (Lipinski definition) is 1. The van der Waals surface area contributed by atoms with Crippen LogP contribution in [0.25, 0.3) is 16.6 Å². The van der Waals surface area contributed by atoms with Crippen molar-refractivity contribution in [3.63, 3.8) is 0 Å². The largest absolute Gasteiger partial charge is 0.444 e. The van der Waals surface area contributed by atoms with Gasteiger partial charge in [-0.3, -0.25) is 9.78 Å². The average molecular weight is 622 g/mol. The summed E-state index contributed by atoms with van der Waals surface area (Å²) in [5.74, 6) is -0.118. The van der Waals surface area contributed by atoms with E-state index in [0.29, 0.717) is 23.2 Å². The third kappa shape index (κ3) is 8.63. The number of carbonyl (C=O) groups excluding carboxylic acids is 2. The van der Waals surface area contributed by atoms with Gasteiger partial charge in [0.1, 0.15) is 11.4 Å². The standard InChI is InChI=1S/C25H31FN4O.C11H21NO2/c1-6-28-13-18(14-28)22-15-29(24-12-27-10-9-20(22)24)23-8-7-19(26)11-21(23)25(31)30(16(2)3)17(4)5;1-11(2,3)14-10(13)12-9-7-5-4-6-8-9/h7-12,15-18H,6,13-14H2,1-5H3;9H,4-8H2,1-3H3,(H,12,13). The number of likely N-dealkylation sites (N-methyl/N-ethyl adjacent to an activating group) is 1. The first kappa shape index (κ1) is 34.4. The fraction of sp³-hybridized carbons (Fsp3) is 0.583. The number of nitrogens with zero attached hydrogens (tertiary/aromatic N) is 4. The number of nitrogens with one attached hydrogen (secondary N) is 1. The maximum absolute atomic E-state index is 14.3. The van der Waals surface area contributed by atoms with Gasteiger partial charge in [0.05, 0.1) is 23.0 Å². The fourth-order valence-corrected chi connectivity index (χ4v) is 6.46. The lowest BCUT2D eigenvalue weighted by Gasteiger charge is -2.38. The van der Waals surface area contributed by atoms with Crippen LogP contribution >= 0.6 is 0 Å². The zero-order valence-electron chi connectivity index (χ0n) is 28.4. The number of fused-ring (bicyclic) bond motifs is 1. The Balaban J connectivity index is 0.000000276. The maximum atomic E-state index is 14.3. The van der Waals surface area contributed by atoms with E-state index in [1.54, 1.807) is 11.0 Å². The molecule has 0 spiro atoms. The summed E-state index contributed by atoms with van der Waals surface area (Å²) in [6, 6.07) is 6.88. The van der Waals surface area contributed by atoms with Crippen LogP contribution in [0.4, 0.5) is 9.18 Å². The second kappa shape index (κ2) is 14.8. The molecule has 1 saturated heterocycles. The Morgan fingerprint density at radius 3 is 2.33 bits per heavy atom. The molecule has 1 saturated carbocycles. The van der Waals surface area contributed by atoms with Crippen molar-refractivity contribution in [1.29, 1.82) is 0 Å². The number of rotatable bonds is 7. The number of hydrogen-bond acceptors (Lipinski definition) is 5. The number of benzene rings is 1. The minimum Gasteiger partial charge on any atom is -0.444 e. The van der Waals surface area contributed by atoms with E-state index in [1.165, 1.54) is 37.0 Å². The summed E-state index contributed by atoms with van der Waals surface area (Å²) in [5.41, 5.74) is 2.87. The third-order valence-corrected chi connectivity index (χ3v) is 8.60. The van der Waals surface area contributed by atoms with Crippen molar-refractivity contribution in [2.75, 3.05) is 19.6 Å². The third-order valence-electron chi connectivity index (χ3n) is 8.60. The van der Waals surface area contributed by atoms with Gasteiger partial charge in [-0.15, -0.1) is 0 Å². The predicted molar refractivity (Wildman–Crippen MR) is 179 cm³/mol. The molecule has 0 bridgehead atoms. The van der Waals surface area contributed by atoms with Gasteiger partial charge in [-0.05, 0) is 97.7 Å². The topological polar surface area (TPSA) is 79.7 Å². The first-order valence-electron chi connectivity index (χ1n) is 16.6. The number of alkyl carbamates (subject to hydrolysis) is 1. The summed E-state index contributed by atoms with van der Waals surface area (Å²) in [4.78, 5) is 33.5. The zero-order valence-corrected chi connectivity index (χ0v) is 28.4. The number of halogens is 1. The van der Waals surface area contributed by atoms with Gasteiger partial charge in [0.2, 0.25) is 0 Å². The number of likely N-dealkylation sites (tertiary alicyclic amines) is 1. The zero-order chi connectivity index (χ0) is 32.9. The van der Waals surface area contributed by atoms with Gasteiger partial charge in [-0.1, -0.05) is 26.2 Å². The second-order valence-electron chi connectivity index (χ2n) is 13.9. The van der Waals surface area contributed by atoms with Crippen molar-refractivity contribution in [2.45, 2.75) is 117 Å². The molecule has 2 fully saturated rings. The summed E-state index contributed by atoms with van der Waals surface area (Å²) in [6.07, 6.45) is 11.4. The predicted octanol–water partition coefficient (Wildman–Crippen LogP) is 7.69. The molecule has 246 valence electrons. The molecule has 1 N–H and O–H groups in total. The first-order chi connectivity index (χ1) is 21.3. The summed E-state index contributed by atoms with van der Waals surface area (Å²) < 4.78 is 21.5. The Labute approximate surface area is 268 Å². The van der Waals surface area contributed by atoms with Gasteiger partial charge >= 0.3 is 6.09 Å². The highest BCUT2D eigenvalue weighted by molar-refractivity contribution is 5.99. The number of pyridine rings is 1. The molecule has 45 heavy (non-hydrogen) atoms. The molecular formula is C36H52FN5O3. The van der Waals surface area contributed by atoms with Crippen molar-refractivity contribution >= 4 is 22.9 Å².